The fourth-order valence-electron chi connectivity index (χ4n) is 3.60. The van der Waals surface area contributed by atoms with Crippen LogP contribution in [0.15, 0.2) is 54.6 Å². The molecule has 1 aliphatic heterocycles. The van der Waals surface area contributed by atoms with Gasteiger partial charge in [0.2, 0.25) is 5.91 Å². The van der Waals surface area contributed by atoms with Crippen molar-refractivity contribution < 1.29 is 4.79 Å². The predicted molar refractivity (Wildman–Crippen MR) is 107 cm³/mol. The van der Waals surface area contributed by atoms with Crippen molar-refractivity contribution in [2.75, 3.05) is 13.1 Å². The van der Waals surface area contributed by atoms with Crippen LogP contribution in [0.25, 0.3) is 0 Å². The number of halogens is 1. The zero-order chi connectivity index (χ0) is 18.4. The van der Waals surface area contributed by atoms with E-state index in [1.54, 1.807) is 0 Å². The highest BCUT2D eigenvalue weighted by molar-refractivity contribution is 6.30. The Kier molecular flexibility index (Phi) is 6.70. The molecule has 3 nitrogen and oxygen atoms in total. The summed E-state index contributed by atoms with van der Waals surface area (Å²) in [6, 6.07) is 18.4. The maximum atomic E-state index is 12.7. The number of nitrogens with one attached hydrogen (secondary N) is 1. The molecule has 0 radical (unpaired) electrons. The van der Waals surface area contributed by atoms with Gasteiger partial charge in [-0.3, -0.25) is 9.69 Å². The molecule has 1 N–H and O–H groups in total. The van der Waals surface area contributed by atoms with Crippen LogP contribution in [0.5, 0.6) is 0 Å². The van der Waals surface area contributed by atoms with Crippen molar-refractivity contribution in [2.24, 2.45) is 5.92 Å². The molecule has 2 aromatic rings. The van der Waals surface area contributed by atoms with Crippen molar-refractivity contribution in [1.29, 1.82) is 0 Å². The van der Waals surface area contributed by atoms with E-state index in [1.807, 2.05) is 30.3 Å². The van der Waals surface area contributed by atoms with E-state index in [4.69, 9.17) is 11.6 Å². The van der Waals surface area contributed by atoms with Gasteiger partial charge in [-0.05, 0) is 55.6 Å². The van der Waals surface area contributed by atoms with Crippen LogP contribution in [-0.2, 0) is 11.3 Å². The fourth-order valence-corrected chi connectivity index (χ4v) is 3.72. The fraction of sp³-hybridized carbons (Fsp3) is 0.409. The Balaban J connectivity index is 1.49. The van der Waals surface area contributed by atoms with Gasteiger partial charge in [-0.15, -0.1) is 0 Å². The van der Waals surface area contributed by atoms with E-state index in [0.717, 1.165) is 43.9 Å². The molecule has 1 unspecified atom stereocenters. The zero-order valence-electron chi connectivity index (χ0n) is 15.3. The average molecular weight is 371 g/mol. The van der Waals surface area contributed by atoms with Crippen LogP contribution < -0.4 is 5.32 Å². The summed E-state index contributed by atoms with van der Waals surface area (Å²) in [7, 11) is 0. The van der Waals surface area contributed by atoms with Crippen molar-refractivity contribution in [1.82, 2.24) is 10.2 Å². The Morgan fingerprint density at radius 3 is 2.38 bits per heavy atom. The predicted octanol–water partition coefficient (Wildman–Crippen LogP) is 4.82. The molecule has 0 spiro atoms. The van der Waals surface area contributed by atoms with Gasteiger partial charge in [0.25, 0.3) is 0 Å². The maximum Gasteiger partial charge on any atom is 0.223 e. The van der Waals surface area contributed by atoms with Gasteiger partial charge >= 0.3 is 0 Å². The average Bonchev–Trinajstić information content (AvgIpc) is 2.69. The largest absolute Gasteiger partial charge is 0.349 e. The van der Waals surface area contributed by atoms with E-state index in [2.05, 4.69) is 41.4 Å². The maximum absolute atomic E-state index is 12.7. The molecule has 0 bridgehead atoms. The summed E-state index contributed by atoms with van der Waals surface area (Å²) in [5, 5.41) is 4.02. The van der Waals surface area contributed by atoms with Crippen molar-refractivity contribution >= 4 is 17.5 Å². The van der Waals surface area contributed by atoms with Gasteiger partial charge in [-0.25, -0.2) is 0 Å². The first-order valence-corrected chi connectivity index (χ1v) is 9.85. The van der Waals surface area contributed by atoms with Crippen LogP contribution in [0.3, 0.4) is 0 Å². The lowest BCUT2D eigenvalue weighted by molar-refractivity contribution is -0.127. The number of piperidine rings is 1. The van der Waals surface area contributed by atoms with E-state index < -0.39 is 0 Å². The van der Waals surface area contributed by atoms with Crippen molar-refractivity contribution in [3.8, 4) is 0 Å². The number of hydrogen-bond donors (Lipinski definition) is 1. The number of likely N-dealkylation sites (tertiary alicyclic amines) is 1. The van der Waals surface area contributed by atoms with Gasteiger partial charge in [-0.1, -0.05) is 61.0 Å². The first-order chi connectivity index (χ1) is 12.7. The summed E-state index contributed by atoms with van der Waals surface area (Å²) in [5.74, 6) is 0.320. The second kappa shape index (κ2) is 9.20. The lowest BCUT2D eigenvalue weighted by atomic mass is 9.94. The van der Waals surface area contributed by atoms with E-state index >= 15 is 0 Å². The zero-order valence-corrected chi connectivity index (χ0v) is 16.1. The molecule has 1 aliphatic rings. The third kappa shape index (κ3) is 5.09. The summed E-state index contributed by atoms with van der Waals surface area (Å²) in [6.45, 7) is 4.96. The van der Waals surface area contributed by atoms with Gasteiger partial charge in [-0.2, -0.15) is 0 Å². The highest BCUT2D eigenvalue weighted by atomic mass is 35.5. The van der Waals surface area contributed by atoms with Crippen molar-refractivity contribution in [2.45, 2.75) is 38.8 Å². The molecule has 0 saturated carbocycles. The van der Waals surface area contributed by atoms with Crippen LogP contribution in [0.1, 0.15) is 43.4 Å². The molecular formula is C22H27ClN2O. The lowest BCUT2D eigenvalue weighted by Crippen LogP contribution is -2.41. The minimum absolute atomic E-state index is 0.107. The third-order valence-electron chi connectivity index (χ3n) is 5.20. The minimum Gasteiger partial charge on any atom is -0.349 e. The molecule has 4 heteroatoms. The van der Waals surface area contributed by atoms with Gasteiger partial charge < -0.3 is 5.32 Å². The van der Waals surface area contributed by atoms with Gasteiger partial charge in [0.15, 0.2) is 0 Å². The smallest absolute Gasteiger partial charge is 0.223 e. The molecule has 1 fully saturated rings. The second-order valence-corrected chi connectivity index (χ2v) is 7.49. The molecule has 0 aromatic heterocycles. The lowest BCUT2D eigenvalue weighted by Gasteiger charge is -2.32. The van der Waals surface area contributed by atoms with Crippen LogP contribution >= 0.6 is 11.6 Å². The van der Waals surface area contributed by atoms with Crippen LogP contribution in [0.2, 0.25) is 5.02 Å². The number of benzene rings is 2. The molecule has 2 aromatic carbocycles. The van der Waals surface area contributed by atoms with E-state index in [9.17, 15) is 4.79 Å². The number of carbonyl (C=O) groups is 1. The second-order valence-electron chi connectivity index (χ2n) is 7.06. The minimum atomic E-state index is 0.107. The van der Waals surface area contributed by atoms with Gasteiger partial charge in [0.05, 0.1) is 6.04 Å². The molecular weight excluding hydrogens is 344 g/mol. The van der Waals surface area contributed by atoms with E-state index in [-0.39, 0.29) is 17.9 Å². The van der Waals surface area contributed by atoms with Crippen molar-refractivity contribution in [3.05, 3.63) is 70.7 Å². The number of hydrogen-bond acceptors (Lipinski definition) is 2. The summed E-state index contributed by atoms with van der Waals surface area (Å²) < 4.78 is 0. The Hall–Kier alpha value is -1.84. The first kappa shape index (κ1) is 18.9. The Morgan fingerprint density at radius 1 is 1.12 bits per heavy atom. The van der Waals surface area contributed by atoms with Crippen LogP contribution in [-0.4, -0.2) is 23.9 Å². The van der Waals surface area contributed by atoms with Crippen molar-refractivity contribution in [3.63, 3.8) is 0 Å². The highest BCUT2D eigenvalue weighted by Crippen LogP contribution is 2.22. The molecule has 1 heterocycles. The standard InChI is InChI=1S/C22H27ClN2O/c1-2-21(18-6-4-3-5-7-18)24-22(26)19-12-14-25(15-13-19)16-17-8-10-20(23)11-9-17/h3-11,19,21H,2,12-16H2,1H3,(H,24,26). The van der Waals surface area contributed by atoms with E-state index in [0.29, 0.717) is 0 Å². The first-order valence-electron chi connectivity index (χ1n) is 9.48. The molecule has 138 valence electrons. The molecule has 1 atom stereocenters. The Bertz CT molecular complexity index is 694. The topological polar surface area (TPSA) is 32.3 Å². The van der Waals surface area contributed by atoms with Gasteiger partial charge in [0.1, 0.15) is 0 Å². The quantitative estimate of drug-likeness (QED) is 0.790. The monoisotopic (exact) mass is 370 g/mol. The summed E-state index contributed by atoms with van der Waals surface area (Å²) in [4.78, 5) is 15.1. The summed E-state index contributed by atoms with van der Waals surface area (Å²) in [6.07, 6.45) is 2.75. The summed E-state index contributed by atoms with van der Waals surface area (Å²) in [5.41, 5.74) is 2.45. The normalized spacial score (nSPS) is 17.0. The van der Waals surface area contributed by atoms with Crippen LogP contribution in [0, 0.1) is 5.92 Å². The molecule has 1 amide bonds. The molecule has 26 heavy (non-hydrogen) atoms. The highest BCUT2D eigenvalue weighted by Gasteiger charge is 2.26. The van der Waals surface area contributed by atoms with Crippen LogP contribution in [0.4, 0.5) is 0 Å². The van der Waals surface area contributed by atoms with E-state index in [1.165, 1.54) is 11.1 Å². The number of nitrogens with zero attached hydrogens (tertiary/aromatic N) is 1. The SMILES string of the molecule is CCC(NC(=O)C1CCN(Cc2ccc(Cl)cc2)CC1)c1ccccc1. The Morgan fingerprint density at radius 2 is 1.77 bits per heavy atom. The molecule has 1 saturated heterocycles. The number of rotatable bonds is 6. The number of amides is 1. The third-order valence-corrected chi connectivity index (χ3v) is 5.46. The Labute approximate surface area is 161 Å². The molecule has 0 aliphatic carbocycles. The number of carbonyl (C=O) groups excluding carboxylic acids is 1. The van der Waals surface area contributed by atoms with Gasteiger partial charge in [0, 0.05) is 17.5 Å². The summed E-state index contributed by atoms with van der Waals surface area (Å²) >= 11 is 5.95. The molecule has 3 rings (SSSR count).